The molecule has 2 rings (SSSR count). The first-order chi connectivity index (χ1) is 8.60. The van der Waals surface area contributed by atoms with Crippen LogP contribution in [0.5, 0.6) is 11.5 Å². The van der Waals surface area contributed by atoms with Crippen molar-refractivity contribution < 1.29 is 4.74 Å². The lowest BCUT2D eigenvalue weighted by Gasteiger charge is -2.09. The lowest BCUT2D eigenvalue weighted by atomic mass is 10.1. The number of benzene rings is 2. The zero-order chi connectivity index (χ0) is 13.1. The molecule has 0 aliphatic carbocycles. The highest BCUT2D eigenvalue weighted by Crippen LogP contribution is 2.31. The maximum absolute atomic E-state index is 8.88. The summed E-state index contributed by atoms with van der Waals surface area (Å²) in [5, 5.41) is 8.88. The Hall–Kier alpha value is -1.79. The summed E-state index contributed by atoms with van der Waals surface area (Å²) in [6.45, 7) is 3.93. The molecule has 90 valence electrons. The molecule has 2 nitrogen and oxygen atoms in total. The van der Waals surface area contributed by atoms with Crippen molar-refractivity contribution in [2.24, 2.45) is 0 Å². The molecule has 0 aromatic heterocycles. The van der Waals surface area contributed by atoms with E-state index in [1.165, 1.54) is 5.56 Å². The highest BCUT2D eigenvalue weighted by molar-refractivity contribution is 9.10. The maximum Gasteiger partial charge on any atom is 0.141 e. The minimum Gasteiger partial charge on any atom is -0.456 e. The van der Waals surface area contributed by atoms with Crippen molar-refractivity contribution in [2.45, 2.75) is 13.8 Å². The van der Waals surface area contributed by atoms with E-state index in [-0.39, 0.29) is 0 Å². The number of halogens is 1. The van der Waals surface area contributed by atoms with Gasteiger partial charge in [-0.25, -0.2) is 0 Å². The lowest BCUT2D eigenvalue weighted by Crippen LogP contribution is -1.88. The minimum absolute atomic E-state index is 0.672. The number of hydrogen-bond acceptors (Lipinski definition) is 2. The average molecular weight is 302 g/mol. The highest BCUT2D eigenvalue weighted by Gasteiger charge is 2.04. The van der Waals surface area contributed by atoms with Gasteiger partial charge in [0.05, 0.1) is 16.1 Å². The molecule has 0 aliphatic heterocycles. The van der Waals surface area contributed by atoms with Crippen LogP contribution in [-0.4, -0.2) is 0 Å². The molecule has 3 heteroatoms. The van der Waals surface area contributed by atoms with Crippen molar-refractivity contribution in [1.29, 1.82) is 5.26 Å². The topological polar surface area (TPSA) is 33.0 Å². The normalized spacial score (nSPS) is 9.89. The number of hydrogen-bond donors (Lipinski definition) is 0. The summed E-state index contributed by atoms with van der Waals surface area (Å²) in [6, 6.07) is 13.5. The summed E-state index contributed by atoms with van der Waals surface area (Å²) in [4.78, 5) is 0. The first-order valence-electron chi connectivity index (χ1n) is 5.55. The van der Waals surface area contributed by atoms with Crippen molar-refractivity contribution in [3.8, 4) is 17.6 Å². The fourth-order valence-corrected chi connectivity index (χ4v) is 2.21. The molecule has 0 N–H and O–H groups in total. The van der Waals surface area contributed by atoms with Crippen LogP contribution in [0, 0.1) is 25.2 Å². The van der Waals surface area contributed by atoms with Crippen molar-refractivity contribution in [3.05, 3.63) is 57.6 Å². The Morgan fingerprint density at radius 3 is 2.50 bits per heavy atom. The summed E-state index contributed by atoms with van der Waals surface area (Å²) in [7, 11) is 0. The largest absolute Gasteiger partial charge is 0.456 e. The van der Waals surface area contributed by atoms with Gasteiger partial charge in [-0.15, -0.1) is 0 Å². The second kappa shape index (κ2) is 5.24. The van der Waals surface area contributed by atoms with Gasteiger partial charge in [-0.1, -0.05) is 6.07 Å². The first-order valence-corrected chi connectivity index (χ1v) is 6.34. The number of ether oxygens (including phenoxy) is 1. The molecular weight excluding hydrogens is 290 g/mol. The Balaban J connectivity index is 2.29. The van der Waals surface area contributed by atoms with Crippen LogP contribution in [0.15, 0.2) is 40.9 Å². The Morgan fingerprint density at radius 2 is 1.89 bits per heavy atom. The van der Waals surface area contributed by atoms with Gasteiger partial charge < -0.3 is 4.74 Å². The SMILES string of the molecule is Cc1ccc(Oc2ccc(C#N)c(C)c2)c(Br)c1. The molecule has 0 aliphatic rings. The molecule has 18 heavy (non-hydrogen) atoms. The van der Waals surface area contributed by atoms with Crippen molar-refractivity contribution in [1.82, 2.24) is 0 Å². The number of nitrogens with zero attached hydrogens (tertiary/aromatic N) is 1. The van der Waals surface area contributed by atoms with Gasteiger partial charge in [0.15, 0.2) is 0 Å². The third-order valence-electron chi connectivity index (χ3n) is 2.63. The second-order valence-electron chi connectivity index (χ2n) is 4.12. The van der Waals surface area contributed by atoms with E-state index in [1.807, 2.05) is 38.1 Å². The third-order valence-corrected chi connectivity index (χ3v) is 3.25. The van der Waals surface area contributed by atoms with Crippen LogP contribution in [0.2, 0.25) is 0 Å². The molecule has 0 spiro atoms. The van der Waals surface area contributed by atoms with Gasteiger partial charge in [0.1, 0.15) is 11.5 Å². The Kier molecular flexibility index (Phi) is 3.69. The maximum atomic E-state index is 8.88. The van der Waals surface area contributed by atoms with Gasteiger partial charge in [-0.2, -0.15) is 5.26 Å². The van der Waals surface area contributed by atoms with E-state index >= 15 is 0 Å². The Labute approximate surface area is 115 Å². The monoisotopic (exact) mass is 301 g/mol. The van der Waals surface area contributed by atoms with Crippen LogP contribution >= 0.6 is 15.9 Å². The zero-order valence-electron chi connectivity index (χ0n) is 10.2. The standard InChI is InChI=1S/C15H12BrNO/c1-10-3-6-15(14(16)7-10)18-13-5-4-12(9-17)11(2)8-13/h3-8H,1-2H3. The third kappa shape index (κ3) is 2.72. The Bertz CT molecular complexity index is 629. The van der Waals surface area contributed by atoms with E-state index < -0.39 is 0 Å². The first kappa shape index (κ1) is 12.7. The van der Waals surface area contributed by atoms with Crippen LogP contribution < -0.4 is 4.74 Å². The van der Waals surface area contributed by atoms with E-state index in [9.17, 15) is 0 Å². The molecule has 0 unspecified atom stereocenters. The predicted octanol–water partition coefficient (Wildman–Crippen LogP) is 4.73. The number of aryl methyl sites for hydroxylation is 2. The number of rotatable bonds is 2. The molecule has 0 atom stereocenters. The lowest BCUT2D eigenvalue weighted by molar-refractivity contribution is 0.479. The van der Waals surface area contributed by atoms with Gasteiger partial charge in [0.2, 0.25) is 0 Å². The van der Waals surface area contributed by atoms with E-state index in [2.05, 4.69) is 22.0 Å². The fourth-order valence-electron chi connectivity index (χ4n) is 1.64. The molecule has 0 bridgehead atoms. The average Bonchev–Trinajstić information content (AvgIpc) is 2.33. The van der Waals surface area contributed by atoms with Gasteiger partial charge in [-0.3, -0.25) is 0 Å². The summed E-state index contributed by atoms with van der Waals surface area (Å²) in [5.41, 5.74) is 2.76. The Morgan fingerprint density at radius 1 is 1.11 bits per heavy atom. The van der Waals surface area contributed by atoms with Crippen molar-refractivity contribution >= 4 is 15.9 Å². The number of nitriles is 1. The van der Waals surface area contributed by atoms with Crippen LogP contribution in [0.4, 0.5) is 0 Å². The molecular formula is C15H12BrNO. The summed E-state index contributed by atoms with van der Waals surface area (Å²) < 4.78 is 6.71. The summed E-state index contributed by atoms with van der Waals surface area (Å²) in [6.07, 6.45) is 0. The summed E-state index contributed by atoms with van der Waals surface area (Å²) in [5.74, 6) is 1.50. The van der Waals surface area contributed by atoms with E-state index in [0.717, 1.165) is 21.5 Å². The smallest absolute Gasteiger partial charge is 0.141 e. The minimum atomic E-state index is 0.672. The quantitative estimate of drug-likeness (QED) is 0.803. The van der Waals surface area contributed by atoms with Crippen LogP contribution in [0.1, 0.15) is 16.7 Å². The fraction of sp³-hybridized carbons (Fsp3) is 0.133. The van der Waals surface area contributed by atoms with Crippen molar-refractivity contribution in [2.75, 3.05) is 0 Å². The molecule has 0 saturated heterocycles. The van der Waals surface area contributed by atoms with Gasteiger partial charge in [-0.05, 0) is 71.2 Å². The predicted molar refractivity (Wildman–Crippen MR) is 74.8 cm³/mol. The van der Waals surface area contributed by atoms with Gasteiger partial charge in [0, 0.05) is 0 Å². The second-order valence-corrected chi connectivity index (χ2v) is 4.98. The van der Waals surface area contributed by atoms with E-state index in [1.54, 1.807) is 12.1 Å². The van der Waals surface area contributed by atoms with Crippen LogP contribution in [0.3, 0.4) is 0 Å². The van der Waals surface area contributed by atoms with Crippen LogP contribution in [-0.2, 0) is 0 Å². The molecule has 0 radical (unpaired) electrons. The molecule has 0 amide bonds. The molecule has 0 saturated carbocycles. The van der Waals surface area contributed by atoms with Crippen molar-refractivity contribution in [3.63, 3.8) is 0 Å². The van der Waals surface area contributed by atoms with E-state index in [4.69, 9.17) is 10.00 Å². The molecule has 2 aromatic rings. The molecule has 0 heterocycles. The van der Waals surface area contributed by atoms with Gasteiger partial charge in [0.25, 0.3) is 0 Å². The van der Waals surface area contributed by atoms with Crippen LogP contribution in [0.25, 0.3) is 0 Å². The van der Waals surface area contributed by atoms with Gasteiger partial charge >= 0.3 is 0 Å². The summed E-state index contributed by atoms with van der Waals surface area (Å²) >= 11 is 3.47. The molecule has 0 fully saturated rings. The molecule has 2 aromatic carbocycles. The highest BCUT2D eigenvalue weighted by atomic mass is 79.9. The van der Waals surface area contributed by atoms with E-state index in [0.29, 0.717) is 5.56 Å². The zero-order valence-corrected chi connectivity index (χ0v) is 11.8.